The first kappa shape index (κ1) is 23.0. The molecule has 0 aliphatic rings. The average molecular weight is 543 g/mol. The number of benzene rings is 2. The van der Waals surface area contributed by atoms with Crippen LogP contribution in [0.15, 0.2) is 65.3 Å². The lowest BCUT2D eigenvalue weighted by molar-refractivity contribution is -0.142. The number of carbonyl (C=O) groups is 1. The van der Waals surface area contributed by atoms with E-state index in [-0.39, 0.29) is 23.6 Å². The molecular weight excluding hydrogens is 525 g/mol. The van der Waals surface area contributed by atoms with Gasteiger partial charge in [0.1, 0.15) is 0 Å². The van der Waals surface area contributed by atoms with Crippen molar-refractivity contribution < 1.29 is 18.0 Å². The van der Waals surface area contributed by atoms with Gasteiger partial charge >= 0.3 is 6.18 Å². The van der Waals surface area contributed by atoms with Gasteiger partial charge < -0.3 is 5.32 Å². The second-order valence-corrected chi connectivity index (χ2v) is 8.68. The summed E-state index contributed by atoms with van der Waals surface area (Å²) < 4.78 is 44.9. The van der Waals surface area contributed by atoms with Crippen molar-refractivity contribution in [1.29, 1.82) is 0 Å². The molecule has 0 atom stereocenters. The van der Waals surface area contributed by atoms with Gasteiger partial charge in [0.15, 0.2) is 17.0 Å². The number of nitrogens with one attached hydrogen (secondary N) is 1. The predicted molar refractivity (Wildman–Crippen MR) is 128 cm³/mol. The van der Waals surface area contributed by atoms with E-state index in [0.29, 0.717) is 16.6 Å². The smallest absolute Gasteiger partial charge is 0.345 e. The fraction of sp³-hybridized carbons (Fsp3) is 0.167. The molecule has 2 aromatic carbocycles. The Morgan fingerprint density at radius 2 is 1.86 bits per heavy atom. The van der Waals surface area contributed by atoms with E-state index in [4.69, 9.17) is 0 Å². The largest absolute Gasteiger partial charge is 0.433 e. The van der Waals surface area contributed by atoms with Crippen LogP contribution in [0.5, 0.6) is 0 Å². The Hall–Kier alpha value is -3.73. The van der Waals surface area contributed by atoms with Crippen LogP contribution in [0.2, 0.25) is 0 Å². The van der Waals surface area contributed by atoms with Gasteiger partial charge in [0.2, 0.25) is 0 Å². The van der Waals surface area contributed by atoms with Crippen LogP contribution in [0.4, 0.5) is 13.2 Å². The number of alkyl halides is 3. The number of hydrogen-bond acceptors (Lipinski definition) is 4. The zero-order valence-electron chi connectivity index (χ0n) is 18.3. The van der Waals surface area contributed by atoms with Crippen LogP contribution in [-0.2, 0) is 19.3 Å². The first-order chi connectivity index (χ1) is 16.7. The molecule has 1 N–H and O–H groups in total. The highest BCUT2D eigenvalue weighted by molar-refractivity contribution is 9.10. The van der Waals surface area contributed by atoms with Crippen molar-refractivity contribution in [3.05, 3.63) is 82.3 Å². The van der Waals surface area contributed by atoms with Gasteiger partial charge in [-0.1, -0.05) is 36.4 Å². The number of rotatable bonds is 5. The lowest BCUT2D eigenvalue weighted by Crippen LogP contribution is -2.25. The van der Waals surface area contributed by atoms with Crippen LogP contribution in [0, 0.1) is 0 Å². The molecule has 1 amide bonds. The first-order valence-electron chi connectivity index (χ1n) is 10.7. The third-order valence-electron chi connectivity index (χ3n) is 5.61. The molecule has 3 aromatic heterocycles. The molecule has 5 aromatic rings. The Bertz CT molecular complexity index is 1570. The molecule has 35 heavy (non-hydrogen) atoms. The lowest BCUT2D eigenvalue weighted by Gasteiger charge is -2.11. The Balaban J connectivity index is 1.52. The molecule has 178 valence electrons. The normalized spacial score (nSPS) is 11.9. The molecule has 5 rings (SSSR count). The van der Waals surface area contributed by atoms with Crippen LogP contribution in [0.3, 0.4) is 0 Å². The van der Waals surface area contributed by atoms with E-state index >= 15 is 0 Å². The quantitative estimate of drug-likeness (QED) is 0.319. The van der Waals surface area contributed by atoms with Crippen molar-refractivity contribution in [2.45, 2.75) is 26.2 Å². The van der Waals surface area contributed by atoms with Crippen molar-refractivity contribution >= 4 is 38.3 Å². The molecule has 0 unspecified atom stereocenters. The summed E-state index contributed by atoms with van der Waals surface area (Å²) in [6.07, 6.45) is -3.09. The molecule has 7 nitrogen and oxygen atoms in total. The summed E-state index contributed by atoms with van der Waals surface area (Å²) >= 11 is 3.38. The Labute approximate surface area is 205 Å². The Morgan fingerprint density at radius 1 is 1.09 bits per heavy atom. The van der Waals surface area contributed by atoms with Crippen molar-refractivity contribution in [3.63, 3.8) is 0 Å². The molecule has 0 bridgehead atoms. The van der Waals surface area contributed by atoms with Gasteiger partial charge in [-0.15, -0.1) is 0 Å². The fourth-order valence-electron chi connectivity index (χ4n) is 3.87. The Kier molecular flexibility index (Phi) is 5.79. The molecule has 0 saturated carbocycles. The molecule has 11 heteroatoms. The van der Waals surface area contributed by atoms with Gasteiger partial charge in [-0.05, 0) is 45.8 Å². The molecule has 0 aliphatic heterocycles. The standard InChI is InChI=1S/C24H18BrF3N6O/c1-2-33-20(17(25)12-30-33)13-29-23(35)19-11-22-31-18(10-21(24(26,27)28)34(22)32-19)16-8-7-14-5-3-4-6-15(14)9-16/h3-12H,2,13H2,1H3,(H,29,35). The van der Waals surface area contributed by atoms with Gasteiger partial charge in [0.25, 0.3) is 5.91 Å². The van der Waals surface area contributed by atoms with E-state index in [1.807, 2.05) is 37.3 Å². The predicted octanol–water partition coefficient (Wildman–Crippen LogP) is 5.48. The third-order valence-corrected chi connectivity index (χ3v) is 6.27. The van der Waals surface area contributed by atoms with E-state index in [2.05, 4.69) is 36.4 Å². The van der Waals surface area contributed by atoms with Gasteiger partial charge in [-0.25, -0.2) is 9.50 Å². The summed E-state index contributed by atoms with van der Waals surface area (Å²) in [5.41, 5.74) is 0.138. The number of amides is 1. The van der Waals surface area contributed by atoms with E-state index in [1.54, 1.807) is 23.0 Å². The fourth-order valence-corrected chi connectivity index (χ4v) is 4.31. The van der Waals surface area contributed by atoms with E-state index in [1.165, 1.54) is 6.07 Å². The van der Waals surface area contributed by atoms with Crippen LogP contribution in [0.1, 0.15) is 28.8 Å². The second-order valence-electron chi connectivity index (χ2n) is 7.82. The SMILES string of the molecule is CCn1ncc(Br)c1CNC(=O)c1cc2nc(-c3ccc4ccccc4c3)cc(C(F)(F)F)n2n1. The van der Waals surface area contributed by atoms with Crippen LogP contribution < -0.4 is 5.32 Å². The van der Waals surface area contributed by atoms with Crippen molar-refractivity contribution in [2.75, 3.05) is 0 Å². The maximum atomic E-state index is 13.9. The minimum Gasteiger partial charge on any atom is -0.345 e. The van der Waals surface area contributed by atoms with E-state index < -0.39 is 17.8 Å². The Morgan fingerprint density at radius 3 is 2.60 bits per heavy atom. The van der Waals surface area contributed by atoms with Crippen molar-refractivity contribution in [3.8, 4) is 11.3 Å². The van der Waals surface area contributed by atoms with Gasteiger partial charge in [-0.3, -0.25) is 9.48 Å². The summed E-state index contributed by atoms with van der Waals surface area (Å²) in [5, 5.41) is 12.6. The minimum absolute atomic E-state index is 0.0760. The van der Waals surface area contributed by atoms with Crippen LogP contribution in [0.25, 0.3) is 27.7 Å². The highest BCUT2D eigenvalue weighted by Crippen LogP contribution is 2.33. The summed E-state index contributed by atoms with van der Waals surface area (Å²) in [6, 6.07) is 15.1. The maximum Gasteiger partial charge on any atom is 0.433 e. The van der Waals surface area contributed by atoms with Crippen LogP contribution >= 0.6 is 15.9 Å². The topological polar surface area (TPSA) is 77.1 Å². The first-order valence-corrected chi connectivity index (χ1v) is 11.5. The third kappa shape index (κ3) is 4.39. The number of aryl methyl sites for hydroxylation is 1. The van der Waals surface area contributed by atoms with Gasteiger partial charge in [-0.2, -0.15) is 23.4 Å². The van der Waals surface area contributed by atoms with Crippen LogP contribution in [-0.4, -0.2) is 30.3 Å². The maximum absolute atomic E-state index is 13.9. The highest BCUT2D eigenvalue weighted by Gasteiger charge is 2.35. The number of fused-ring (bicyclic) bond motifs is 2. The van der Waals surface area contributed by atoms with E-state index in [9.17, 15) is 18.0 Å². The molecule has 0 radical (unpaired) electrons. The molecule has 0 aliphatic carbocycles. The van der Waals surface area contributed by atoms with Gasteiger partial charge in [0.05, 0.1) is 28.6 Å². The highest BCUT2D eigenvalue weighted by atomic mass is 79.9. The van der Waals surface area contributed by atoms with Crippen molar-refractivity contribution in [2.24, 2.45) is 0 Å². The second kappa shape index (κ2) is 8.81. The number of hydrogen-bond donors (Lipinski definition) is 1. The lowest BCUT2D eigenvalue weighted by atomic mass is 10.0. The zero-order chi connectivity index (χ0) is 24.7. The zero-order valence-corrected chi connectivity index (χ0v) is 19.9. The molecule has 0 fully saturated rings. The number of carbonyl (C=O) groups excluding carboxylic acids is 1. The summed E-state index contributed by atoms with van der Waals surface area (Å²) in [4.78, 5) is 17.1. The number of aromatic nitrogens is 5. The number of halogens is 4. The summed E-state index contributed by atoms with van der Waals surface area (Å²) in [7, 11) is 0. The molecule has 0 spiro atoms. The summed E-state index contributed by atoms with van der Waals surface area (Å²) in [6.45, 7) is 2.63. The van der Waals surface area contributed by atoms with Gasteiger partial charge in [0, 0.05) is 18.2 Å². The molecular formula is C24H18BrF3N6O. The number of nitrogens with zero attached hydrogens (tertiary/aromatic N) is 5. The average Bonchev–Trinajstić information content (AvgIpc) is 3.43. The summed E-state index contributed by atoms with van der Waals surface area (Å²) in [5.74, 6) is -0.619. The monoisotopic (exact) mass is 542 g/mol. The molecule has 0 saturated heterocycles. The minimum atomic E-state index is -4.70. The molecule has 3 heterocycles. The van der Waals surface area contributed by atoms with E-state index in [0.717, 1.165) is 27.0 Å². The van der Waals surface area contributed by atoms with Crippen molar-refractivity contribution in [1.82, 2.24) is 29.7 Å².